The maximum Gasteiger partial charge on any atom is 0.224 e. The molecule has 0 aliphatic heterocycles. The summed E-state index contributed by atoms with van der Waals surface area (Å²) in [6, 6.07) is 7.41. The molecule has 0 saturated heterocycles. The van der Waals surface area contributed by atoms with Gasteiger partial charge in [-0.1, -0.05) is 23.0 Å². The molecule has 0 radical (unpaired) electrons. The Kier molecular flexibility index (Phi) is 5.13. The Bertz CT molecular complexity index is 869. The summed E-state index contributed by atoms with van der Waals surface area (Å²) in [5.74, 6) is 0.689. The highest BCUT2D eigenvalue weighted by molar-refractivity contribution is 7.98. The Labute approximate surface area is 149 Å². The maximum absolute atomic E-state index is 12.2. The van der Waals surface area contributed by atoms with Gasteiger partial charge in [-0.25, -0.2) is 0 Å². The van der Waals surface area contributed by atoms with E-state index in [2.05, 4.69) is 26.0 Å². The molecule has 3 rings (SSSR count). The maximum atomic E-state index is 12.2. The minimum Gasteiger partial charge on any atom is -0.361 e. The molecule has 0 saturated carbocycles. The molecule has 0 spiro atoms. The van der Waals surface area contributed by atoms with E-state index in [1.807, 2.05) is 44.4 Å². The largest absolute Gasteiger partial charge is 0.361 e. The van der Waals surface area contributed by atoms with Gasteiger partial charge in [0.25, 0.3) is 0 Å². The average molecular weight is 358 g/mol. The monoisotopic (exact) mass is 358 g/mol. The van der Waals surface area contributed by atoms with Gasteiger partial charge in [0, 0.05) is 17.7 Å². The predicted octanol–water partition coefficient (Wildman–Crippen LogP) is 2.56. The molecule has 9 heteroatoms. The number of nitrogens with one attached hydrogen (secondary N) is 1. The van der Waals surface area contributed by atoms with Crippen LogP contribution in [0.4, 0.5) is 5.69 Å². The van der Waals surface area contributed by atoms with E-state index in [4.69, 9.17) is 4.52 Å². The molecular weight excluding hydrogens is 340 g/mol. The number of hydrogen-bond acceptors (Lipinski definition) is 7. The summed E-state index contributed by atoms with van der Waals surface area (Å²) < 4.78 is 6.75. The van der Waals surface area contributed by atoms with Crippen molar-refractivity contribution in [3.63, 3.8) is 0 Å². The van der Waals surface area contributed by atoms with Gasteiger partial charge in [-0.05, 0) is 55.1 Å². The first-order valence-corrected chi connectivity index (χ1v) is 8.95. The van der Waals surface area contributed by atoms with E-state index in [1.165, 1.54) is 11.8 Å². The number of tetrazole rings is 1. The molecule has 0 fully saturated rings. The van der Waals surface area contributed by atoms with E-state index in [0.29, 0.717) is 23.7 Å². The Balaban J connectivity index is 1.67. The van der Waals surface area contributed by atoms with Crippen LogP contribution < -0.4 is 5.32 Å². The first-order valence-electron chi connectivity index (χ1n) is 7.73. The van der Waals surface area contributed by atoms with Gasteiger partial charge >= 0.3 is 0 Å². The second-order valence-corrected chi connectivity index (χ2v) is 6.25. The fourth-order valence-electron chi connectivity index (χ4n) is 2.50. The van der Waals surface area contributed by atoms with Crippen molar-refractivity contribution >= 4 is 23.4 Å². The third-order valence-electron chi connectivity index (χ3n) is 3.78. The lowest BCUT2D eigenvalue weighted by atomic mass is 10.1. The minimum absolute atomic E-state index is 0.0704. The lowest BCUT2D eigenvalue weighted by molar-refractivity contribution is -0.116. The zero-order valence-electron chi connectivity index (χ0n) is 14.2. The number of anilines is 1. The van der Waals surface area contributed by atoms with Crippen LogP contribution in [0.15, 0.2) is 33.9 Å². The lowest BCUT2D eigenvalue weighted by Crippen LogP contribution is -2.13. The van der Waals surface area contributed by atoms with Crippen LogP contribution in [0.1, 0.15) is 23.4 Å². The highest BCUT2D eigenvalue weighted by Gasteiger charge is 2.12. The number of hydrogen-bond donors (Lipinski definition) is 1. The molecule has 1 N–H and O–H groups in total. The number of nitrogens with zero attached hydrogens (tertiary/aromatic N) is 5. The molecule has 0 aliphatic rings. The Morgan fingerprint density at radius 1 is 1.36 bits per heavy atom. The molecular formula is C16H18N6O2S. The molecule has 1 amide bonds. The minimum atomic E-state index is -0.0704. The van der Waals surface area contributed by atoms with E-state index in [9.17, 15) is 4.79 Å². The van der Waals surface area contributed by atoms with Crippen molar-refractivity contribution in [2.45, 2.75) is 31.8 Å². The molecule has 2 heterocycles. The van der Waals surface area contributed by atoms with Gasteiger partial charge < -0.3 is 9.84 Å². The molecule has 25 heavy (non-hydrogen) atoms. The van der Waals surface area contributed by atoms with Crippen molar-refractivity contribution in [2.75, 3.05) is 11.6 Å². The first kappa shape index (κ1) is 17.2. The topological polar surface area (TPSA) is 98.7 Å². The van der Waals surface area contributed by atoms with Crippen LogP contribution in [0.2, 0.25) is 0 Å². The Hall–Kier alpha value is -2.68. The molecule has 1 aromatic carbocycles. The van der Waals surface area contributed by atoms with Crippen molar-refractivity contribution in [3.8, 4) is 5.69 Å². The number of thioether (sulfide) groups is 1. The molecule has 0 bridgehead atoms. The first-order chi connectivity index (χ1) is 12.1. The Morgan fingerprint density at radius 3 is 2.92 bits per heavy atom. The third kappa shape index (κ3) is 3.87. The predicted molar refractivity (Wildman–Crippen MR) is 93.9 cm³/mol. The van der Waals surface area contributed by atoms with Gasteiger partial charge in [0.15, 0.2) is 0 Å². The molecule has 130 valence electrons. The van der Waals surface area contributed by atoms with E-state index >= 15 is 0 Å². The van der Waals surface area contributed by atoms with E-state index in [1.54, 1.807) is 4.68 Å². The van der Waals surface area contributed by atoms with Crippen LogP contribution in [-0.2, 0) is 11.2 Å². The highest BCUT2D eigenvalue weighted by atomic mass is 32.2. The zero-order valence-corrected chi connectivity index (χ0v) is 15.0. The molecule has 0 aliphatic carbocycles. The van der Waals surface area contributed by atoms with Gasteiger partial charge in [-0.2, -0.15) is 4.68 Å². The van der Waals surface area contributed by atoms with Crippen molar-refractivity contribution in [1.82, 2.24) is 25.4 Å². The van der Waals surface area contributed by atoms with E-state index in [0.717, 1.165) is 22.7 Å². The standard InChI is InChI=1S/C16H18N6O2S/c1-10-14(11(2)24-19-10)7-8-15(23)17-12-5-4-6-13(9-12)22-16(25-3)18-20-21-22/h4-6,9H,7-8H2,1-3H3,(H,17,23). The van der Waals surface area contributed by atoms with Crippen LogP contribution in [-0.4, -0.2) is 37.5 Å². The third-order valence-corrected chi connectivity index (χ3v) is 4.40. The zero-order chi connectivity index (χ0) is 17.8. The fraction of sp³-hybridized carbons (Fsp3) is 0.312. The number of carbonyl (C=O) groups excluding carboxylic acids is 1. The second kappa shape index (κ2) is 7.47. The number of rotatable bonds is 6. The molecule has 3 aromatic rings. The number of aromatic nitrogens is 5. The Morgan fingerprint density at radius 2 is 2.20 bits per heavy atom. The fourth-order valence-corrected chi connectivity index (χ4v) is 2.94. The van der Waals surface area contributed by atoms with Crippen LogP contribution in [0, 0.1) is 13.8 Å². The summed E-state index contributed by atoms with van der Waals surface area (Å²) in [5.41, 5.74) is 3.31. The molecule has 8 nitrogen and oxygen atoms in total. The van der Waals surface area contributed by atoms with Crippen molar-refractivity contribution in [3.05, 3.63) is 41.3 Å². The molecule has 2 aromatic heterocycles. The van der Waals surface area contributed by atoms with E-state index < -0.39 is 0 Å². The van der Waals surface area contributed by atoms with Crippen molar-refractivity contribution in [1.29, 1.82) is 0 Å². The lowest BCUT2D eigenvalue weighted by Gasteiger charge is -2.08. The summed E-state index contributed by atoms with van der Waals surface area (Å²) in [5, 5.41) is 19.1. The van der Waals surface area contributed by atoms with Gasteiger partial charge in [0.2, 0.25) is 11.1 Å². The number of aryl methyl sites for hydroxylation is 2. The normalized spacial score (nSPS) is 10.8. The average Bonchev–Trinajstić information content (AvgIpc) is 3.20. The summed E-state index contributed by atoms with van der Waals surface area (Å²) in [6.45, 7) is 3.73. The number of carbonyl (C=O) groups is 1. The van der Waals surface area contributed by atoms with Crippen LogP contribution in [0.5, 0.6) is 0 Å². The van der Waals surface area contributed by atoms with Gasteiger partial charge in [0.05, 0.1) is 11.4 Å². The second-order valence-electron chi connectivity index (χ2n) is 5.48. The van der Waals surface area contributed by atoms with Gasteiger partial charge in [-0.15, -0.1) is 5.10 Å². The summed E-state index contributed by atoms with van der Waals surface area (Å²) in [4.78, 5) is 12.2. The van der Waals surface area contributed by atoms with Crippen LogP contribution >= 0.6 is 11.8 Å². The molecule has 0 unspecified atom stereocenters. The van der Waals surface area contributed by atoms with Crippen molar-refractivity contribution in [2.24, 2.45) is 0 Å². The highest BCUT2D eigenvalue weighted by Crippen LogP contribution is 2.19. The summed E-state index contributed by atoms with van der Waals surface area (Å²) >= 11 is 1.45. The van der Waals surface area contributed by atoms with Crippen LogP contribution in [0.3, 0.4) is 0 Å². The molecule has 0 atom stereocenters. The number of amides is 1. The number of benzene rings is 1. The van der Waals surface area contributed by atoms with Gasteiger partial charge in [0.1, 0.15) is 5.76 Å². The van der Waals surface area contributed by atoms with Crippen molar-refractivity contribution < 1.29 is 9.32 Å². The summed E-state index contributed by atoms with van der Waals surface area (Å²) in [7, 11) is 0. The smallest absolute Gasteiger partial charge is 0.224 e. The quantitative estimate of drug-likeness (QED) is 0.676. The van der Waals surface area contributed by atoms with E-state index in [-0.39, 0.29) is 5.91 Å². The van der Waals surface area contributed by atoms with Crippen LogP contribution in [0.25, 0.3) is 5.69 Å². The SMILES string of the molecule is CSc1nnnn1-c1cccc(NC(=O)CCc2c(C)noc2C)c1. The summed E-state index contributed by atoms with van der Waals surface area (Å²) in [6.07, 6.45) is 2.85. The van der Waals surface area contributed by atoms with Gasteiger partial charge in [-0.3, -0.25) is 4.79 Å².